The normalized spacial score (nSPS) is 13.2. The number of aromatic nitrogens is 2. The van der Waals surface area contributed by atoms with Crippen molar-refractivity contribution in [3.05, 3.63) is 23.8 Å². The molecule has 1 aromatic carbocycles. The molecule has 0 bridgehead atoms. The van der Waals surface area contributed by atoms with E-state index in [0.717, 1.165) is 23.1 Å². The molecule has 1 atom stereocenters. The molecular weight excluding hydrogens is 274 g/mol. The first-order valence-electron chi connectivity index (χ1n) is 6.93. The molecule has 2 rings (SSSR count). The Balaban J connectivity index is 1.98. The smallest absolute Gasteiger partial charge is 0.172 e. The third kappa shape index (κ3) is 3.73. The van der Waals surface area contributed by atoms with Crippen molar-refractivity contribution in [3.8, 4) is 0 Å². The zero-order chi connectivity index (χ0) is 14.4. The largest absolute Gasteiger partial charge is 0.351 e. The molecule has 6 heteroatoms. The lowest BCUT2D eigenvalue weighted by atomic mass is 10.1. The topological polar surface area (TPSA) is 56.3 Å². The Hall–Kier alpha value is -1.08. The third-order valence-electron chi connectivity index (χ3n) is 3.05. The second-order valence-corrected chi connectivity index (χ2v) is 5.03. The summed E-state index contributed by atoms with van der Waals surface area (Å²) in [4.78, 5) is 0. The molecule has 1 aromatic heterocycles. The third-order valence-corrected chi connectivity index (χ3v) is 3.60. The number of rotatable bonds is 8. The van der Waals surface area contributed by atoms with Gasteiger partial charge in [0.15, 0.2) is 6.29 Å². The lowest BCUT2D eigenvalue weighted by Crippen LogP contribution is -2.40. The van der Waals surface area contributed by atoms with Gasteiger partial charge in [0.2, 0.25) is 0 Å². The number of benzene rings is 1. The first kappa shape index (κ1) is 15.3. The number of hydrogen-bond donors (Lipinski definition) is 1. The summed E-state index contributed by atoms with van der Waals surface area (Å²) in [6.07, 6.45) is -0.224. The first-order valence-corrected chi connectivity index (χ1v) is 7.66. The average molecular weight is 295 g/mol. The molecule has 0 aliphatic heterocycles. The van der Waals surface area contributed by atoms with E-state index in [1.54, 1.807) is 0 Å². The van der Waals surface area contributed by atoms with Gasteiger partial charge in [-0.25, -0.2) is 0 Å². The van der Waals surface area contributed by atoms with Crippen LogP contribution in [0.25, 0.3) is 11.0 Å². The minimum Gasteiger partial charge on any atom is -0.351 e. The Morgan fingerprint density at radius 1 is 1.20 bits per heavy atom. The summed E-state index contributed by atoms with van der Waals surface area (Å²) in [5.74, 6) is 0. The minimum absolute atomic E-state index is 0.108. The zero-order valence-corrected chi connectivity index (χ0v) is 12.9. The predicted molar refractivity (Wildman–Crippen MR) is 80.8 cm³/mol. The van der Waals surface area contributed by atoms with Crippen LogP contribution < -0.4 is 5.32 Å². The van der Waals surface area contributed by atoms with Gasteiger partial charge in [-0.2, -0.15) is 8.75 Å². The average Bonchev–Trinajstić information content (AvgIpc) is 2.93. The summed E-state index contributed by atoms with van der Waals surface area (Å²) in [5, 5.41) is 3.44. The van der Waals surface area contributed by atoms with E-state index in [2.05, 4.69) is 27.1 Å². The van der Waals surface area contributed by atoms with E-state index in [9.17, 15) is 0 Å². The molecule has 110 valence electrons. The van der Waals surface area contributed by atoms with Crippen LogP contribution in [0.15, 0.2) is 18.2 Å². The van der Waals surface area contributed by atoms with Crippen LogP contribution in [0.4, 0.5) is 0 Å². The lowest BCUT2D eigenvalue weighted by molar-refractivity contribution is -0.151. The highest BCUT2D eigenvalue weighted by Crippen LogP contribution is 2.16. The van der Waals surface area contributed by atoms with Crippen molar-refractivity contribution in [1.82, 2.24) is 14.1 Å². The van der Waals surface area contributed by atoms with Crippen LogP contribution >= 0.6 is 11.7 Å². The van der Waals surface area contributed by atoms with Crippen LogP contribution in [-0.2, 0) is 16.0 Å². The molecule has 1 N–H and O–H groups in total. The number of fused-ring (bicyclic) bond motifs is 1. The molecule has 0 unspecified atom stereocenters. The molecule has 5 nitrogen and oxygen atoms in total. The van der Waals surface area contributed by atoms with Crippen molar-refractivity contribution in [2.75, 3.05) is 13.2 Å². The number of nitrogens with zero attached hydrogens (tertiary/aromatic N) is 2. The zero-order valence-electron chi connectivity index (χ0n) is 12.1. The Morgan fingerprint density at radius 3 is 2.65 bits per heavy atom. The van der Waals surface area contributed by atoms with E-state index in [0.29, 0.717) is 13.2 Å². The Morgan fingerprint density at radius 2 is 1.95 bits per heavy atom. The highest BCUT2D eigenvalue weighted by molar-refractivity contribution is 7.00. The second kappa shape index (κ2) is 7.64. The second-order valence-electron chi connectivity index (χ2n) is 4.50. The molecule has 0 aliphatic rings. The summed E-state index contributed by atoms with van der Waals surface area (Å²) in [6, 6.07) is 6.17. The van der Waals surface area contributed by atoms with Gasteiger partial charge in [-0.15, -0.1) is 0 Å². The van der Waals surface area contributed by atoms with E-state index >= 15 is 0 Å². The van der Waals surface area contributed by atoms with Crippen LogP contribution in [0.5, 0.6) is 0 Å². The molecule has 2 aromatic rings. The molecule has 20 heavy (non-hydrogen) atoms. The molecule has 0 fully saturated rings. The fourth-order valence-electron chi connectivity index (χ4n) is 2.04. The molecule has 0 spiro atoms. The van der Waals surface area contributed by atoms with E-state index in [1.807, 2.05) is 26.0 Å². The standard InChI is InChI=1S/C14H21N3O2S/c1-4-18-14(19-5-2)10(3)15-9-11-7-6-8-12-13(11)17-20-16-12/h6-8,10,14-15H,4-5,9H2,1-3H3/t10-/m0/s1. The van der Waals surface area contributed by atoms with Crippen molar-refractivity contribution in [2.45, 2.75) is 39.6 Å². The van der Waals surface area contributed by atoms with Crippen molar-refractivity contribution in [3.63, 3.8) is 0 Å². The van der Waals surface area contributed by atoms with Crippen LogP contribution in [0.1, 0.15) is 26.3 Å². The van der Waals surface area contributed by atoms with Gasteiger partial charge in [0.05, 0.1) is 17.8 Å². The van der Waals surface area contributed by atoms with Crippen LogP contribution in [0.2, 0.25) is 0 Å². The quantitative estimate of drug-likeness (QED) is 0.759. The molecular formula is C14H21N3O2S. The monoisotopic (exact) mass is 295 g/mol. The van der Waals surface area contributed by atoms with Crippen molar-refractivity contribution in [1.29, 1.82) is 0 Å². The highest BCUT2D eigenvalue weighted by Gasteiger charge is 2.17. The van der Waals surface area contributed by atoms with Gasteiger partial charge in [0.1, 0.15) is 11.0 Å². The van der Waals surface area contributed by atoms with Crippen molar-refractivity contribution in [2.24, 2.45) is 0 Å². The number of hydrogen-bond acceptors (Lipinski definition) is 6. The summed E-state index contributed by atoms with van der Waals surface area (Å²) in [6.45, 7) is 8.02. The van der Waals surface area contributed by atoms with Crippen LogP contribution in [0.3, 0.4) is 0 Å². The van der Waals surface area contributed by atoms with E-state index in [4.69, 9.17) is 9.47 Å². The molecule has 0 saturated heterocycles. The van der Waals surface area contributed by atoms with Gasteiger partial charge in [-0.05, 0) is 32.4 Å². The van der Waals surface area contributed by atoms with Gasteiger partial charge in [-0.1, -0.05) is 12.1 Å². The molecule has 0 aliphatic carbocycles. The Labute approximate surface area is 123 Å². The van der Waals surface area contributed by atoms with Gasteiger partial charge in [0, 0.05) is 19.8 Å². The Kier molecular flexibility index (Phi) is 5.85. The predicted octanol–water partition coefficient (Wildman–Crippen LogP) is 2.57. The van der Waals surface area contributed by atoms with Crippen LogP contribution in [0, 0.1) is 0 Å². The maximum absolute atomic E-state index is 5.59. The lowest BCUT2D eigenvalue weighted by Gasteiger charge is -2.24. The number of nitrogens with one attached hydrogen (secondary N) is 1. The van der Waals surface area contributed by atoms with Crippen molar-refractivity contribution < 1.29 is 9.47 Å². The van der Waals surface area contributed by atoms with E-state index in [-0.39, 0.29) is 12.3 Å². The maximum atomic E-state index is 5.59. The SMILES string of the molecule is CCOC(OCC)[C@H](C)NCc1cccc2nsnc12. The van der Waals surface area contributed by atoms with E-state index < -0.39 is 0 Å². The minimum atomic E-state index is -0.224. The molecule has 1 heterocycles. The van der Waals surface area contributed by atoms with Gasteiger partial charge in [-0.3, -0.25) is 0 Å². The fourth-order valence-corrected chi connectivity index (χ4v) is 2.61. The summed E-state index contributed by atoms with van der Waals surface area (Å²) >= 11 is 1.25. The molecule has 0 saturated carbocycles. The summed E-state index contributed by atoms with van der Waals surface area (Å²) in [7, 11) is 0. The highest BCUT2D eigenvalue weighted by atomic mass is 32.1. The van der Waals surface area contributed by atoms with Crippen LogP contribution in [-0.4, -0.2) is 34.3 Å². The maximum Gasteiger partial charge on any atom is 0.172 e. The van der Waals surface area contributed by atoms with Gasteiger partial charge in [0.25, 0.3) is 0 Å². The molecule has 0 amide bonds. The van der Waals surface area contributed by atoms with Crippen molar-refractivity contribution >= 4 is 22.8 Å². The first-order chi connectivity index (χ1) is 9.76. The summed E-state index contributed by atoms with van der Waals surface area (Å²) < 4.78 is 19.8. The van der Waals surface area contributed by atoms with Gasteiger partial charge >= 0.3 is 0 Å². The van der Waals surface area contributed by atoms with Gasteiger partial charge < -0.3 is 14.8 Å². The molecule has 0 radical (unpaired) electrons. The fraction of sp³-hybridized carbons (Fsp3) is 0.571. The number of ether oxygens (including phenoxy) is 2. The Bertz CT molecular complexity index is 526. The van der Waals surface area contributed by atoms with E-state index in [1.165, 1.54) is 11.7 Å². The summed E-state index contributed by atoms with van der Waals surface area (Å²) in [5.41, 5.74) is 3.07.